The molecule has 1 aromatic carbocycles. The number of benzene rings is 1. The highest BCUT2D eigenvalue weighted by Crippen LogP contribution is 2.19. The topological polar surface area (TPSA) is 87.2 Å². The van der Waals surface area contributed by atoms with Gasteiger partial charge in [-0.2, -0.15) is 0 Å². The molecule has 0 saturated carbocycles. The van der Waals surface area contributed by atoms with Crippen LogP contribution in [0.15, 0.2) is 59.5 Å². The van der Waals surface area contributed by atoms with Gasteiger partial charge in [0.2, 0.25) is 5.88 Å². The number of nitrogen functional groups attached to an aromatic ring is 1. The molecular weight excluding hydrogens is 325 g/mol. The van der Waals surface area contributed by atoms with Gasteiger partial charge in [-0.1, -0.05) is 0 Å². The average Bonchev–Trinajstić information content (AvgIpc) is 2.62. The smallest absolute Gasteiger partial charge is 0.256 e. The van der Waals surface area contributed by atoms with E-state index < -0.39 is 17.2 Å². The fraction of sp³-hybridized carbons (Fsp3) is 0.0556. The number of rotatable bonds is 4. The second-order valence-electron chi connectivity index (χ2n) is 5.20. The molecule has 0 unspecified atom stereocenters. The van der Waals surface area contributed by atoms with Crippen LogP contribution < -0.4 is 16.0 Å². The zero-order valence-corrected chi connectivity index (χ0v) is 13.3. The van der Waals surface area contributed by atoms with Crippen LogP contribution in [0.3, 0.4) is 0 Å². The maximum atomic E-state index is 13.0. The number of anilines is 1. The lowest BCUT2D eigenvalue weighted by atomic mass is 10.0. The van der Waals surface area contributed by atoms with Gasteiger partial charge in [-0.3, -0.25) is 14.2 Å². The van der Waals surface area contributed by atoms with Crippen molar-refractivity contribution in [2.45, 2.75) is 0 Å². The van der Waals surface area contributed by atoms with Crippen LogP contribution in [0, 0.1) is 5.82 Å². The van der Waals surface area contributed by atoms with Crippen molar-refractivity contribution in [1.82, 2.24) is 9.55 Å². The highest BCUT2D eigenvalue weighted by atomic mass is 19.1. The van der Waals surface area contributed by atoms with Gasteiger partial charge in [-0.05, 0) is 36.4 Å². The molecule has 2 aromatic heterocycles. The molecule has 0 bridgehead atoms. The van der Waals surface area contributed by atoms with Crippen molar-refractivity contribution in [2.24, 2.45) is 0 Å². The van der Waals surface area contributed by atoms with E-state index in [1.165, 1.54) is 54.3 Å². The summed E-state index contributed by atoms with van der Waals surface area (Å²) in [6.45, 7) is 0. The van der Waals surface area contributed by atoms with E-state index in [9.17, 15) is 14.0 Å². The molecule has 7 heteroatoms. The number of methoxy groups -OCH3 is 1. The van der Waals surface area contributed by atoms with Gasteiger partial charge < -0.3 is 10.5 Å². The van der Waals surface area contributed by atoms with Gasteiger partial charge in [0.05, 0.1) is 24.6 Å². The summed E-state index contributed by atoms with van der Waals surface area (Å²) < 4.78 is 19.2. The normalized spacial score (nSPS) is 10.5. The minimum Gasteiger partial charge on any atom is -0.481 e. The third kappa shape index (κ3) is 3.12. The molecule has 0 aliphatic heterocycles. The van der Waals surface area contributed by atoms with Crippen molar-refractivity contribution in [3.05, 3.63) is 82.0 Å². The van der Waals surface area contributed by atoms with Crippen LogP contribution in [0.2, 0.25) is 0 Å². The lowest BCUT2D eigenvalue weighted by Crippen LogP contribution is -2.23. The van der Waals surface area contributed by atoms with Crippen molar-refractivity contribution in [3.8, 4) is 11.6 Å². The molecule has 3 rings (SSSR count). The Hall–Kier alpha value is -3.48. The average molecular weight is 339 g/mol. The number of carbonyl (C=O) groups is 1. The number of ether oxygens (including phenoxy) is 1. The molecule has 0 saturated heterocycles. The fourth-order valence-corrected chi connectivity index (χ4v) is 2.39. The zero-order chi connectivity index (χ0) is 18.0. The fourth-order valence-electron chi connectivity index (χ4n) is 2.39. The van der Waals surface area contributed by atoms with Gasteiger partial charge in [-0.15, -0.1) is 0 Å². The number of carbonyl (C=O) groups excluding carboxylic acids is 1. The van der Waals surface area contributed by atoms with E-state index in [1.807, 2.05) is 0 Å². The van der Waals surface area contributed by atoms with Crippen molar-refractivity contribution < 1.29 is 13.9 Å². The molecule has 6 nitrogen and oxygen atoms in total. The Bertz CT molecular complexity index is 980. The maximum absolute atomic E-state index is 13.0. The number of ketones is 1. The molecule has 0 atom stereocenters. The van der Waals surface area contributed by atoms with Crippen molar-refractivity contribution >= 4 is 11.6 Å². The third-order valence-electron chi connectivity index (χ3n) is 3.67. The Morgan fingerprint density at radius 2 is 1.84 bits per heavy atom. The van der Waals surface area contributed by atoms with Crippen LogP contribution in [0.5, 0.6) is 5.88 Å². The van der Waals surface area contributed by atoms with Gasteiger partial charge in [0.1, 0.15) is 11.6 Å². The molecule has 2 N–H and O–H groups in total. The van der Waals surface area contributed by atoms with Gasteiger partial charge in [0, 0.05) is 17.7 Å². The summed E-state index contributed by atoms with van der Waals surface area (Å²) in [6.07, 6.45) is 1.42. The minimum absolute atomic E-state index is 0.0196. The molecule has 25 heavy (non-hydrogen) atoms. The lowest BCUT2D eigenvalue weighted by Gasteiger charge is -2.13. The Labute approximate surface area is 142 Å². The van der Waals surface area contributed by atoms with Gasteiger partial charge in [-0.25, -0.2) is 9.37 Å². The lowest BCUT2D eigenvalue weighted by molar-refractivity contribution is 0.103. The molecule has 0 amide bonds. The van der Waals surface area contributed by atoms with E-state index in [0.717, 1.165) is 0 Å². The van der Waals surface area contributed by atoms with Gasteiger partial charge >= 0.3 is 0 Å². The second kappa shape index (κ2) is 6.56. The third-order valence-corrected chi connectivity index (χ3v) is 3.67. The van der Waals surface area contributed by atoms with Crippen LogP contribution in [-0.2, 0) is 0 Å². The number of nitrogens with two attached hydrogens (primary N) is 1. The quantitative estimate of drug-likeness (QED) is 0.736. The summed E-state index contributed by atoms with van der Waals surface area (Å²) in [5.41, 5.74) is 6.47. The van der Waals surface area contributed by atoms with Gasteiger partial charge in [0.25, 0.3) is 5.56 Å². The highest BCUT2D eigenvalue weighted by Gasteiger charge is 2.17. The number of nitrogens with zero attached hydrogens (tertiary/aromatic N) is 2. The first-order valence-electron chi connectivity index (χ1n) is 7.33. The zero-order valence-electron chi connectivity index (χ0n) is 13.3. The molecule has 2 heterocycles. The summed E-state index contributed by atoms with van der Waals surface area (Å²) in [6, 6.07) is 10.9. The van der Waals surface area contributed by atoms with Crippen LogP contribution in [0.25, 0.3) is 5.69 Å². The maximum Gasteiger partial charge on any atom is 0.256 e. The van der Waals surface area contributed by atoms with Crippen molar-refractivity contribution in [3.63, 3.8) is 0 Å². The Morgan fingerprint density at radius 3 is 2.44 bits per heavy atom. The molecule has 0 radical (unpaired) electrons. The Balaban J connectivity index is 2.09. The van der Waals surface area contributed by atoms with E-state index in [-0.39, 0.29) is 16.9 Å². The standard InChI is InChI=1S/C18H14FN3O3/c1-25-15-8-6-13(10-21-15)22-16(23)9-7-14(18(22)20)17(24)11-2-4-12(19)5-3-11/h2-10H,20H2,1H3. The summed E-state index contributed by atoms with van der Waals surface area (Å²) in [5, 5.41) is 0. The van der Waals surface area contributed by atoms with Crippen LogP contribution in [0.4, 0.5) is 10.2 Å². The number of halogens is 1. The summed E-state index contributed by atoms with van der Waals surface area (Å²) in [7, 11) is 1.48. The van der Waals surface area contributed by atoms with Crippen LogP contribution >= 0.6 is 0 Å². The van der Waals surface area contributed by atoms with Crippen LogP contribution in [-0.4, -0.2) is 22.4 Å². The SMILES string of the molecule is COc1ccc(-n2c(N)c(C(=O)c3ccc(F)cc3)ccc2=O)cn1. The molecule has 0 fully saturated rings. The summed E-state index contributed by atoms with van der Waals surface area (Å²) in [4.78, 5) is 28.9. The van der Waals surface area contributed by atoms with E-state index in [1.54, 1.807) is 12.1 Å². The predicted molar refractivity (Wildman–Crippen MR) is 90.6 cm³/mol. The van der Waals surface area contributed by atoms with Gasteiger partial charge in [0.15, 0.2) is 5.78 Å². The first-order chi connectivity index (χ1) is 12.0. The molecule has 0 spiro atoms. The highest BCUT2D eigenvalue weighted by molar-refractivity contribution is 6.11. The van der Waals surface area contributed by atoms with E-state index in [4.69, 9.17) is 10.5 Å². The van der Waals surface area contributed by atoms with E-state index in [0.29, 0.717) is 11.6 Å². The number of aromatic nitrogens is 2. The van der Waals surface area contributed by atoms with E-state index in [2.05, 4.69) is 4.98 Å². The Morgan fingerprint density at radius 1 is 1.12 bits per heavy atom. The monoisotopic (exact) mass is 339 g/mol. The molecule has 126 valence electrons. The Kier molecular flexibility index (Phi) is 4.30. The first-order valence-corrected chi connectivity index (χ1v) is 7.33. The second-order valence-corrected chi connectivity index (χ2v) is 5.20. The number of hydrogen-bond donors (Lipinski definition) is 1. The summed E-state index contributed by atoms with van der Waals surface area (Å²) in [5.74, 6) is -0.491. The first kappa shape index (κ1) is 16.4. The van der Waals surface area contributed by atoms with Crippen LogP contribution in [0.1, 0.15) is 15.9 Å². The molecular formula is C18H14FN3O3. The number of hydrogen-bond acceptors (Lipinski definition) is 5. The minimum atomic E-state index is -0.446. The van der Waals surface area contributed by atoms with Crippen molar-refractivity contribution in [2.75, 3.05) is 12.8 Å². The predicted octanol–water partition coefficient (Wildman–Crippen LogP) is 2.19. The number of pyridine rings is 2. The van der Waals surface area contributed by atoms with Crippen molar-refractivity contribution in [1.29, 1.82) is 0 Å². The molecule has 0 aliphatic rings. The largest absolute Gasteiger partial charge is 0.481 e. The molecule has 0 aliphatic carbocycles. The van der Waals surface area contributed by atoms with E-state index >= 15 is 0 Å². The summed E-state index contributed by atoms with van der Waals surface area (Å²) >= 11 is 0. The molecule has 3 aromatic rings.